The summed E-state index contributed by atoms with van der Waals surface area (Å²) >= 11 is 0. The number of hydrogen-bond acceptors (Lipinski definition) is 4. The average Bonchev–Trinajstić information content (AvgIpc) is 2.29. The van der Waals surface area contributed by atoms with E-state index in [1.54, 1.807) is 6.07 Å². The maximum absolute atomic E-state index is 12.0. The van der Waals surface area contributed by atoms with Gasteiger partial charge in [-0.2, -0.15) is 9.57 Å². The highest BCUT2D eigenvalue weighted by atomic mass is 32.2. The second-order valence-electron chi connectivity index (χ2n) is 3.02. The van der Waals surface area contributed by atoms with Crippen LogP contribution >= 0.6 is 0 Å². The second-order valence-corrected chi connectivity index (χ2v) is 4.96. The van der Waals surface area contributed by atoms with Crippen molar-refractivity contribution >= 4 is 10.0 Å². The van der Waals surface area contributed by atoms with Crippen molar-refractivity contribution in [1.29, 1.82) is 5.26 Å². The van der Waals surface area contributed by atoms with Crippen LogP contribution in [0.2, 0.25) is 0 Å². The number of hydrogen-bond donors (Lipinski definition) is 1. The Balaban J connectivity index is 3.17. The SMILES string of the molecule is C#CCN(CC#N)S(=O)(=O)c1ccc(=O)[nH]c1. The van der Waals surface area contributed by atoms with Crippen LogP contribution in [0.15, 0.2) is 28.0 Å². The Kier molecular flexibility index (Phi) is 4.05. The summed E-state index contributed by atoms with van der Waals surface area (Å²) in [6.45, 7) is -0.541. The van der Waals surface area contributed by atoms with Crippen LogP contribution in [0.1, 0.15) is 0 Å². The van der Waals surface area contributed by atoms with E-state index in [0.29, 0.717) is 0 Å². The summed E-state index contributed by atoms with van der Waals surface area (Å²) in [7, 11) is -3.84. The third-order valence-electron chi connectivity index (χ3n) is 1.91. The number of sulfonamides is 1. The molecule has 0 unspecified atom stereocenters. The number of nitriles is 1. The van der Waals surface area contributed by atoms with E-state index < -0.39 is 15.6 Å². The summed E-state index contributed by atoms with van der Waals surface area (Å²) in [5.41, 5.74) is -0.410. The Hall–Kier alpha value is -2.09. The molecule has 7 heteroatoms. The van der Waals surface area contributed by atoms with Gasteiger partial charge in [-0.15, -0.1) is 6.42 Å². The van der Waals surface area contributed by atoms with Gasteiger partial charge in [-0.3, -0.25) is 4.79 Å². The van der Waals surface area contributed by atoms with Gasteiger partial charge in [0.25, 0.3) is 0 Å². The Morgan fingerprint density at radius 3 is 2.59 bits per heavy atom. The Labute approximate surface area is 98.5 Å². The van der Waals surface area contributed by atoms with Crippen LogP contribution in [0.25, 0.3) is 0 Å². The maximum Gasteiger partial charge on any atom is 0.247 e. The summed E-state index contributed by atoms with van der Waals surface area (Å²) in [6, 6.07) is 3.97. The lowest BCUT2D eigenvalue weighted by Gasteiger charge is -2.15. The van der Waals surface area contributed by atoms with Crippen molar-refractivity contribution in [3.63, 3.8) is 0 Å². The van der Waals surface area contributed by atoms with E-state index in [-0.39, 0.29) is 18.0 Å². The van der Waals surface area contributed by atoms with E-state index in [2.05, 4.69) is 10.9 Å². The number of nitrogens with zero attached hydrogens (tertiary/aromatic N) is 2. The molecule has 88 valence electrons. The van der Waals surface area contributed by atoms with E-state index >= 15 is 0 Å². The smallest absolute Gasteiger partial charge is 0.247 e. The number of rotatable bonds is 4. The first-order valence-corrected chi connectivity index (χ1v) is 5.95. The van der Waals surface area contributed by atoms with Crippen molar-refractivity contribution in [2.45, 2.75) is 4.90 Å². The molecule has 0 spiro atoms. The number of H-pyrrole nitrogens is 1. The predicted octanol–water partition coefficient (Wildman–Crippen LogP) is -0.478. The van der Waals surface area contributed by atoms with Crippen LogP contribution < -0.4 is 5.56 Å². The fourth-order valence-electron chi connectivity index (χ4n) is 1.11. The van der Waals surface area contributed by atoms with Crippen LogP contribution in [-0.4, -0.2) is 30.8 Å². The molecule has 0 atom stereocenters. The van der Waals surface area contributed by atoms with Crippen molar-refractivity contribution in [1.82, 2.24) is 9.29 Å². The van der Waals surface area contributed by atoms with E-state index in [4.69, 9.17) is 11.7 Å². The van der Waals surface area contributed by atoms with Crippen molar-refractivity contribution in [2.75, 3.05) is 13.1 Å². The van der Waals surface area contributed by atoms with E-state index in [9.17, 15) is 13.2 Å². The minimum absolute atomic E-state index is 0.109. The molecule has 1 aromatic rings. The number of terminal acetylenes is 1. The van der Waals surface area contributed by atoms with Gasteiger partial charge in [0.15, 0.2) is 0 Å². The first-order valence-electron chi connectivity index (χ1n) is 4.51. The van der Waals surface area contributed by atoms with E-state index in [1.807, 2.05) is 0 Å². The van der Waals surface area contributed by atoms with Crippen LogP contribution in [0.3, 0.4) is 0 Å². The van der Waals surface area contributed by atoms with Crippen molar-refractivity contribution in [2.24, 2.45) is 0 Å². The topological polar surface area (TPSA) is 94.0 Å². The van der Waals surface area contributed by atoms with Crippen LogP contribution in [0.5, 0.6) is 0 Å². The Bertz CT molecular complexity index is 597. The van der Waals surface area contributed by atoms with Crippen molar-refractivity contribution in [3.05, 3.63) is 28.7 Å². The zero-order valence-electron chi connectivity index (χ0n) is 8.75. The Morgan fingerprint density at radius 1 is 1.41 bits per heavy atom. The fourth-order valence-corrected chi connectivity index (χ4v) is 2.33. The molecule has 6 nitrogen and oxygen atoms in total. The molecule has 0 aliphatic heterocycles. The summed E-state index contributed by atoms with van der Waals surface area (Å²) in [4.78, 5) is 13.0. The molecule has 1 aromatic heterocycles. The average molecular weight is 251 g/mol. The molecule has 0 aliphatic rings. The molecule has 0 saturated carbocycles. The third kappa shape index (κ3) is 2.94. The van der Waals surface area contributed by atoms with Gasteiger partial charge in [0.2, 0.25) is 15.6 Å². The first kappa shape index (κ1) is 13.0. The molecule has 0 bridgehead atoms. The summed E-state index contributed by atoms with van der Waals surface area (Å²) in [5, 5.41) is 8.54. The van der Waals surface area contributed by atoms with Gasteiger partial charge in [-0.25, -0.2) is 8.42 Å². The molecule has 1 heterocycles. The standard InChI is InChI=1S/C10H9N3O3S/c1-2-6-13(7-5-11)17(15,16)9-3-4-10(14)12-8-9/h1,3-4,8H,6-7H2,(H,12,14). The van der Waals surface area contributed by atoms with E-state index in [0.717, 1.165) is 22.6 Å². The summed E-state index contributed by atoms with van der Waals surface area (Å²) < 4.78 is 24.8. The molecule has 0 aliphatic carbocycles. The summed E-state index contributed by atoms with van der Waals surface area (Å²) in [6.07, 6.45) is 6.10. The molecular weight excluding hydrogens is 242 g/mol. The lowest BCUT2D eigenvalue weighted by molar-refractivity contribution is 0.480. The molecule has 0 aromatic carbocycles. The van der Waals surface area contributed by atoms with Gasteiger partial charge in [0.1, 0.15) is 6.54 Å². The number of aromatic amines is 1. The molecule has 1 rings (SSSR count). The number of pyridine rings is 1. The van der Waals surface area contributed by atoms with Crippen molar-refractivity contribution in [3.8, 4) is 18.4 Å². The molecular formula is C10H9N3O3S. The van der Waals surface area contributed by atoms with Crippen LogP contribution in [0, 0.1) is 23.7 Å². The normalized spacial score (nSPS) is 10.8. The highest BCUT2D eigenvalue weighted by molar-refractivity contribution is 7.89. The largest absolute Gasteiger partial charge is 0.328 e. The maximum atomic E-state index is 12.0. The highest BCUT2D eigenvalue weighted by Crippen LogP contribution is 2.12. The predicted molar refractivity (Wildman–Crippen MR) is 60.3 cm³/mol. The highest BCUT2D eigenvalue weighted by Gasteiger charge is 2.23. The molecule has 0 radical (unpaired) electrons. The molecule has 17 heavy (non-hydrogen) atoms. The fraction of sp³-hybridized carbons (Fsp3) is 0.200. The zero-order valence-corrected chi connectivity index (χ0v) is 9.57. The van der Waals surface area contributed by atoms with Gasteiger partial charge in [-0.05, 0) is 6.07 Å². The molecule has 0 saturated heterocycles. The van der Waals surface area contributed by atoms with Gasteiger partial charge in [0.05, 0.1) is 17.5 Å². The van der Waals surface area contributed by atoms with Crippen LogP contribution in [-0.2, 0) is 10.0 Å². The quantitative estimate of drug-likeness (QED) is 0.577. The monoisotopic (exact) mass is 251 g/mol. The summed E-state index contributed by atoms with van der Waals surface area (Å²) in [5.74, 6) is 2.16. The second kappa shape index (κ2) is 5.30. The minimum Gasteiger partial charge on any atom is -0.328 e. The first-order chi connectivity index (χ1) is 8.02. The molecule has 1 N–H and O–H groups in total. The lowest BCUT2D eigenvalue weighted by atomic mass is 10.5. The Morgan fingerprint density at radius 2 is 2.12 bits per heavy atom. The third-order valence-corrected chi connectivity index (χ3v) is 3.70. The number of nitrogens with one attached hydrogen (secondary N) is 1. The lowest BCUT2D eigenvalue weighted by Crippen LogP contribution is -2.32. The molecule has 0 amide bonds. The van der Waals surface area contributed by atoms with E-state index in [1.165, 1.54) is 0 Å². The van der Waals surface area contributed by atoms with Crippen molar-refractivity contribution < 1.29 is 8.42 Å². The minimum atomic E-state index is -3.84. The van der Waals surface area contributed by atoms with Crippen LogP contribution in [0.4, 0.5) is 0 Å². The van der Waals surface area contributed by atoms with Gasteiger partial charge < -0.3 is 4.98 Å². The molecule has 0 fully saturated rings. The van der Waals surface area contributed by atoms with Gasteiger partial charge in [-0.1, -0.05) is 5.92 Å². The zero-order chi connectivity index (χ0) is 12.9. The number of aromatic nitrogens is 1. The van der Waals surface area contributed by atoms with Gasteiger partial charge in [0, 0.05) is 12.3 Å². The van der Waals surface area contributed by atoms with Gasteiger partial charge >= 0.3 is 0 Å².